The fourth-order valence-electron chi connectivity index (χ4n) is 2.92. The van der Waals surface area contributed by atoms with E-state index in [4.69, 9.17) is 9.73 Å². The molecule has 0 saturated carbocycles. The monoisotopic (exact) mass is 460 g/mol. The van der Waals surface area contributed by atoms with Gasteiger partial charge in [-0.25, -0.2) is 4.99 Å². The van der Waals surface area contributed by atoms with Crippen LogP contribution in [0.4, 0.5) is 0 Å². The summed E-state index contributed by atoms with van der Waals surface area (Å²) in [6, 6.07) is 7.01. The number of halogens is 1. The smallest absolute Gasteiger partial charge is 0.191 e. The van der Waals surface area contributed by atoms with Gasteiger partial charge in [0, 0.05) is 32.2 Å². The molecule has 1 aromatic rings. The number of nitrogens with zero attached hydrogens (tertiary/aromatic N) is 2. The zero-order chi connectivity index (χ0) is 17.4. The average molecular weight is 460 g/mol. The topological polar surface area (TPSA) is 48.9 Å². The number of nitrogens with one attached hydrogen (secondary N) is 2. The van der Waals surface area contributed by atoms with Gasteiger partial charge in [-0.15, -0.1) is 24.0 Å². The number of guanidine groups is 1. The summed E-state index contributed by atoms with van der Waals surface area (Å²) in [4.78, 5) is 7.21. The van der Waals surface area contributed by atoms with Crippen molar-refractivity contribution in [2.45, 2.75) is 40.3 Å². The number of aryl methyl sites for hydroxylation is 2. The molecule has 0 aromatic heterocycles. The summed E-state index contributed by atoms with van der Waals surface area (Å²) in [5.41, 5.74) is 3.87. The van der Waals surface area contributed by atoms with Gasteiger partial charge < -0.3 is 15.4 Å². The largest absolute Gasteiger partial charge is 0.379 e. The van der Waals surface area contributed by atoms with Crippen LogP contribution in [0.15, 0.2) is 23.2 Å². The third kappa shape index (κ3) is 7.50. The summed E-state index contributed by atoms with van der Waals surface area (Å²) in [6.45, 7) is 14.8. The minimum atomic E-state index is 0. The summed E-state index contributed by atoms with van der Waals surface area (Å²) in [7, 11) is 0. The Morgan fingerprint density at radius 1 is 1.24 bits per heavy atom. The molecule has 1 atom stereocenters. The predicted molar refractivity (Wildman–Crippen MR) is 116 cm³/mol. The molecule has 0 radical (unpaired) electrons. The van der Waals surface area contributed by atoms with Crippen molar-refractivity contribution >= 4 is 29.9 Å². The summed E-state index contributed by atoms with van der Waals surface area (Å²) in [5.74, 6) is 0.887. The molecule has 1 aromatic carbocycles. The third-order valence-electron chi connectivity index (χ3n) is 4.48. The second-order valence-electron chi connectivity index (χ2n) is 6.50. The highest BCUT2D eigenvalue weighted by molar-refractivity contribution is 14.0. The maximum atomic E-state index is 5.42. The highest BCUT2D eigenvalue weighted by Crippen LogP contribution is 2.11. The van der Waals surface area contributed by atoms with E-state index in [1.165, 1.54) is 16.7 Å². The Hall–Kier alpha value is -0.860. The highest BCUT2D eigenvalue weighted by Gasteiger charge is 2.16. The van der Waals surface area contributed by atoms with Gasteiger partial charge in [0.25, 0.3) is 0 Å². The average Bonchev–Trinajstić information content (AvgIpc) is 2.59. The van der Waals surface area contributed by atoms with E-state index in [-0.39, 0.29) is 24.0 Å². The van der Waals surface area contributed by atoms with E-state index >= 15 is 0 Å². The maximum absolute atomic E-state index is 5.42. The Morgan fingerprint density at radius 3 is 2.60 bits per heavy atom. The molecule has 1 unspecified atom stereocenters. The molecule has 0 bridgehead atoms. The lowest BCUT2D eigenvalue weighted by Crippen LogP contribution is -2.49. The molecular formula is C19H33IN4O. The fraction of sp³-hybridized carbons (Fsp3) is 0.632. The van der Waals surface area contributed by atoms with Crippen LogP contribution >= 0.6 is 24.0 Å². The van der Waals surface area contributed by atoms with Gasteiger partial charge in [-0.2, -0.15) is 0 Å². The lowest BCUT2D eigenvalue weighted by molar-refractivity contribution is 0.0211. The van der Waals surface area contributed by atoms with Crippen molar-refractivity contribution in [2.75, 3.05) is 39.4 Å². The van der Waals surface area contributed by atoms with Gasteiger partial charge in [0.05, 0.1) is 19.8 Å². The number of rotatable bonds is 6. The first-order chi connectivity index (χ1) is 11.6. The molecule has 1 heterocycles. The molecule has 0 spiro atoms. The summed E-state index contributed by atoms with van der Waals surface area (Å²) in [6.07, 6.45) is 0. The van der Waals surface area contributed by atoms with Gasteiger partial charge in [0.2, 0.25) is 0 Å². The maximum Gasteiger partial charge on any atom is 0.191 e. The normalized spacial score (nSPS) is 16.9. The van der Waals surface area contributed by atoms with E-state index in [1.54, 1.807) is 0 Å². The molecule has 1 aliphatic heterocycles. The van der Waals surface area contributed by atoms with Gasteiger partial charge in [-0.05, 0) is 38.8 Å². The molecule has 2 rings (SSSR count). The first-order valence-corrected chi connectivity index (χ1v) is 9.00. The van der Waals surface area contributed by atoms with Crippen molar-refractivity contribution in [3.8, 4) is 0 Å². The first-order valence-electron chi connectivity index (χ1n) is 9.00. The van der Waals surface area contributed by atoms with Crippen LogP contribution in [0.1, 0.15) is 30.5 Å². The fourth-order valence-corrected chi connectivity index (χ4v) is 2.92. The van der Waals surface area contributed by atoms with Crippen molar-refractivity contribution in [1.82, 2.24) is 15.5 Å². The van der Waals surface area contributed by atoms with E-state index < -0.39 is 0 Å². The second-order valence-corrected chi connectivity index (χ2v) is 6.50. The predicted octanol–water partition coefficient (Wildman–Crippen LogP) is 2.70. The Morgan fingerprint density at radius 2 is 1.96 bits per heavy atom. The summed E-state index contributed by atoms with van der Waals surface area (Å²) >= 11 is 0. The molecule has 0 amide bonds. The van der Waals surface area contributed by atoms with Crippen LogP contribution in [0.2, 0.25) is 0 Å². The van der Waals surface area contributed by atoms with Crippen LogP contribution < -0.4 is 10.6 Å². The number of hydrogen-bond acceptors (Lipinski definition) is 3. The van der Waals surface area contributed by atoms with Gasteiger partial charge in [-0.3, -0.25) is 4.90 Å². The lowest BCUT2D eigenvalue weighted by Gasteiger charge is -2.32. The minimum Gasteiger partial charge on any atom is -0.379 e. The van der Waals surface area contributed by atoms with Gasteiger partial charge in [0.1, 0.15) is 0 Å². The van der Waals surface area contributed by atoms with E-state index in [2.05, 4.69) is 61.4 Å². The zero-order valence-electron chi connectivity index (χ0n) is 16.0. The first kappa shape index (κ1) is 22.2. The molecular weight excluding hydrogens is 427 g/mol. The quantitative estimate of drug-likeness (QED) is 0.390. The molecule has 2 N–H and O–H groups in total. The standard InChI is InChI=1S/C19H32N4O.HI/c1-5-20-19(21-13-17(4)23-8-10-24-11-9-23)22-14-18-7-6-15(2)12-16(18)3;/h6-7,12,17H,5,8-11,13-14H2,1-4H3,(H2,20,21,22);1H. The minimum absolute atomic E-state index is 0. The van der Waals surface area contributed by atoms with Gasteiger partial charge in [0.15, 0.2) is 5.96 Å². The number of ether oxygens (including phenoxy) is 1. The zero-order valence-corrected chi connectivity index (χ0v) is 18.3. The number of aliphatic imine (C=N–C) groups is 1. The third-order valence-corrected chi connectivity index (χ3v) is 4.48. The van der Waals surface area contributed by atoms with Gasteiger partial charge >= 0.3 is 0 Å². The van der Waals surface area contributed by atoms with E-state index in [9.17, 15) is 0 Å². The van der Waals surface area contributed by atoms with Gasteiger partial charge in [-0.1, -0.05) is 23.8 Å². The molecule has 25 heavy (non-hydrogen) atoms. The van der Waals surface area contributed by atoms with E-state index in [0.29, 0.717) is 12.6 Å². The van der Waals surface area contributed by atoms with Crippen molar-refractivity contribution in [2.24, 2.45) is 4.99 Å². The molecule has 1 aliphatic rings. The molecule has 6 heteroatoms. The SMILES string of the molecule is CCNC(=NCc1ccc(C)cc1C)NCC(C)N1CCOCC1.I. The highest BCUT2D eigenvalue weighted by atomic mass is 127. The molecule has 1 fully saturated rings. The Kier molecular flexibility index (Phi) is 10.4. The number of benzene rings is 1. The summed E-state index contributed by atoms with van der Waals surface area (Å²) in [5, 5.41) is 6.81. The van der Waals surface area contributed by atoms with Crippen molar-refractivity contribution < 1.29 is 4.74 Å². The molecule has 5 nitrogen and oxygen atoms in total. The van der Waals surface area contributed by atoms with Crippen molar-refractivity contribution in [3.05, 3.63) is 34.9 Å². The Bertz CT molecular complexity index is 544. The Labute approximate surface area is 169 Å². The van der Waals surface area contributed by atoms with Crippen LogP contribution in [-0.4, -0.2) is 56.3 Å². The molecule has 0 aliphatic carbocycles. The van der Waals surface area contributed by atoms with E-state index in [0.717, 1.165) is 45.4 Å². The molecule has 142 valence electrons. The van der Waals surface area contributed by atoms with Crippen LogP contribution in [-0.2, 0) is 11.3 Å². The Balaban J connectivity index is 0.00000312. The summed E-state index contributed by atoms with van der Waals surface area (Å²) < 4.78 is 5.42. The van der Waals surface area contributed by atoms with E-state index in [1.807, 2.05) is 0 Å². The van der Waals surface area contributed by atoms with Crippen LogP contribution in [0.5, 0.6) is 0 Å². The van der Waals surface area contributed by atoms with Crippen LogP contribution in [0.25, 0.3) is 0 Å². The lowest BCUT2D eigenvalue weighted by atomic mass is 10.1. The van der Waals surface area contributed by atoms with Crippen molar-refractivity contribution in [1.29, 1.82) is 0 Å². The number of morpholine rings is 1. The number of hydrogen-bond donors (Lipinski definition) is 2. The van der Waals surface area contributed by atoms with Crippen LogP contribution in [0, 0.1) is 13.8 Å². The second kappa shape index (κ2) is 11.7. The molecule has 1 saturated heterocycles. The van der Waals surface area contributed by atoms with Crippen LogP contribution in [0.3, 0.4) is 0 Å². The van der Waals surface area contributed by atoms with Crippen molar-refractivity contribution in [3.63, 3.8) is 0 Å².